The number of thiazole rings is 1. The second kappa shape index (κ2) is 18.2. The Labute approximate surface area is 220 Å². The van der Waals surface area contributed by atoms with E-state index in [0.29, 0.717) is 12.3 Å². The molecule has 1 amide bonds. The van der Waals surface area contributed by atoms with Gasteiger partial charge in [0, 0.05) is 55.4 Å². The van der Waals surface area contributed by atoms with Crippen LogP contribution in [0.5, 0.6) is 0 Å². The predicted molar refractivity (Wildman–Crippen MR) is 135 cm³/mol. The van der Waals surface area contributed by atoms with Gasteiger partial charge in [0.1, 0.15) is 5.01 Å². The number of aromatic nitrogens is 1. The molecule has 3 nitrogen and oxygen atoms in total. The van der Waals surface area contributed by atoms with Crippen LogP contribution in [0.4, 0.5) is 0 Å². The van der Waals surface area contributed by atoms with E-state index in [1.54, 1.807) is 17.5 Å². The number of hydrogen-bond donors (Lipinski definition) is 1. The van der Waals surface area contributed by atoms with E-state index in [1.807, 2.05) is 50.2 Å². The summed E-state index contributed by atoms with van der Waals surface area (Å²) in [4.78, 5) is 17.0. The Morgan fingerprint density at radius 3 is 1.87 bits per heavy atom. The van der Waals surface area contributed by atoms with E-state index in [4.69, 9.17) is 0 Å². The fraction of sp³-hybridized carbons (Fsp3) is 0.385. The SMILES string of the molecule is C.C.C.CC(C)NC(=O)Cc1cnc(-c2ccccc2)s1.CC(C)c1ccccc1.[Y]. The number of hydrogen-bond acceptors (Lipinski definition) is 3. The molecule has 0 atom stereocenters. The van der Waals surface area contributed by atoms with Crippen LogP contribution in [-0.4, -0.2) is 16.9 Å². The fourth-order valence-corrected chi connectivity index (χ4v) is 3.39. The molecule has 31 heavy (non-hydrogen) atoms. The van der Waals surface area contributed by atoms with Crippen LogP contribution in [0.1, 0.15) is 66.3 Å². The Balaban J connectivity index is -0.000000524. The average Bonchev–Trinajstić information content (AvgIpc) is 3.11. The second-order valence-corrected chi connectivity index (χ2v) is 8.08. The second-order valence-electron chi connectivity index (χ2n) is 6.96. The van der Waals surface area contributed by atoms with Crippen molar-refractivity contribution >= 4 is 17.2 Å². The normalized spacial score (nSPS) is 9.10. The molecule has 0 aliphatic carbocycles. The molecule has 2 aromatic carbocycles. The third kappa shape index (κ3) is 12.9. The molecule has 1 aromatic heterocycles. The van der Waals surface area contributed by atoms with Gasteiger partial charge in [-0.2, -0.15) is 0 Å². The molecular weight excluding hydrogens is 477 g/mol. The third-order valence-corrected chi connectivity index (χ3v) is 4.87. The minimum atomic E-state index is 0. The van der Waals surface area contributed by atoms with E-state index in [1.165, 1.54) is 5.56 Å². The molecule has 1 heterocycles. The Bertz CT molecular complexity index is 818. The van der Waals surface area contributed by atoms with Gasteiger partial charge in [0.25, 0.3) is 0 Å². The van der Waals surface area contributed by atoms with E-state index in [-0.39, 0.29) is 66.9 Å². The molecule has 0 spiro atoms. The van der Waals surface area contributed by atoms with Crippen LogP contribution in [0.25, 0.3) is 10.6 Å². The summed E-state index contributed by atoms with van der Waals surface area (Å²) in [6, 6.07) is 20.7. The summed E-state index contributed by atoms with van der Waals surface area (Å²) in [5.41, 5.74) is 2.51. The van der Waals surface area contributed by atoms with Crippen molar-refractivity contribution in [1.82, 2.24) is 10.3 Å². The number of rotatable bonds is 5. The maximum absolute atomic E-state index is 11.6. The van der Waals surface area contributed by atoms with Crippen LogP contribution in [0, 0.1) is 0 Å². The number of amides is 1. The van der Waals surface area contributed by atoms with Crippen LogP contribution < -0.4 is 5.32 Å². The van der Waals surface area contributed by atoms with Crippen LogP contribution in [0.15, 0.2) is 66.9 Å². The summed E-state index contributed by atoms with van der Waals surface area (Å²) >= 11 is 1.57. The Morgan fingerprint density at radius 2 is 1.42 bits per heavy atom. The quantitative estimate of drug-likeness (QED) is 0.379. The van der Waals surface area contributed by atoms with Crippen molar-refractivity contribution in [2.45, 2.75) is 68.4 Å². The number of nitrogens with one attached hydrogen (secondary N) is 1. The predicted octanol–water partition coefficient (Wildman–Crippen LogP) is 7.59. The molecule has 5 heteroatoms. The van der Waals surface area contributed by atoms with Gasteiger partial charge >= 0.3 is 0 Å². The topological polar surface area (TPSA) is 42.0 Å². The number of carbonyl (C=O) groups excluding carboxylic acids is 1. The molecule has 0 unspecified atom stereocenters. The van der Waals surface area contributed by atoms with Gasteiger partial charge in [0.2, 0.25) is 5.91 Å². The van der Waals surface area contributed by atoms with Crippen LogP contribution >= 0.6 is 11.3 Å². The molecule has 1 N–H and O–H groups in total. The van der Waals surface area contributed by atoms with Crippen molar-refractivity contribution in [2.24, 2.45) is 0 Å². The van der Waals surface area contributed by atoms with Gasteiger partial charge in [-0.25, -0.2) is 4.98 Å². The van der Waals surface area contributed by atoms with Gasteiger partial charge in [-0.05, 0) is 25.3 Å². The molecule has 0 fully saturated rings. The zero-order chi connectivity index (χ0) is 19.6. The maximum atomic E-state index is 11.6. The summed E-state index contributed by atoms with van der Waals surface area (Å²) in [5, 5.41) is 3.84. The number of benzene rings is 2. The summed E-state index contributed by atoms with van der Waals surface area (Å²) in [6.45, 7) is 8.32. The van der Waals surface area contributed by atoms with Crippen molar-refractivity contribution in [3.05, 3.63) is 77.3 Å². The first-order valence-electron chi connectivity index (χ1n) is 9.30. The van der Waals surface area contributed by atoms with Crippen molar-refractivity contribution < 1.29 is 37.5 Å². The molecule has 1 radical (unpaired) electrons. The van der Waals surface area contributed by atoms with E-state index >= 15 is 0 Å². The van der Waals surface area contributed by atoms with Crippen molar-refractivity contribution in [3.8, 4) is 10.6 Å². The van der Waals surface area contributed by atoms with Crippen LogP contribution in [0.3, 0.4) is 0 Å². The smallest absolute Gasteiger partial charge is 0.225 e. The summed E-state index contributed by atoms with van der Waals surface area (Å²) in [6.07, 6.45) is 2.19. The molecule has 3 aromatic rings. The molecule has 3 rings (SSSR count). The zero-order valence-corrected chi connectivity index (χ0v) is 20.7. The number of nitrogens with zero attached hydrogens (tertiary/aromatic N) is 1. The monoisotopic (exact) mass is 517 g/mol. The first kappa shape index (κ1) is 34.3. The van der Waals surface area contributed by atoms with Crippen molar-refractivity contribution in [3.63, 3.8) is 0 Å². The molecule has 0 aliphatic rings. The van der Waals surface area contributed by atoms with Gasteiger partial charge in [0.15, 0.2) is 0 Å². The van der Waals surface area contributed by atoms with Gasteiger partial charge < -0.3 is 5.32 Å². The van der Waals surface area contributed by atoms with E-state index in [9.17, 15) is 4.79 Å². The molecule has 0 saturated carbocycles. The van der Waals surface area contributed by atoms with Gasteiger partial charge in [-0.15, -0.1) is 11.3 Å². The largest absolute Gasteiger partial charge is 0.354 e. The van der Waals surface area contributed by atoms with Crippen LogP contribution in [-0.2, 0) is 43.9 Å². The molecule has 0 saturated heterocycles. The fourth-order valence-electron chi connectivity index (χ4n) is 2.47. The zero-order valence-electron chi connectivity index (χ0n) is 17.1. The Morgan fingerprint density at radius 1 is 0.903 bits per heavy atom. The minimum absolute atomic E-state index is 0. The first-order chi connectivity index (χ1) is 13.0. The Hall–Kier alpha value is -1.36. The standard InChI is InChI=1S/C14H16N2OS.C9H12.3CH4.Y/c1-10(2)16-13(17)8-12-9-15-14(18-12)11-6-4-3-5-7-11;1-8(2)9-6-4-3-5-7-9;;;;/h3-7,9-10H,8H2,1-2H3,(H,16,17);3-8H,1-2H3;3*1H4;. The first-order valence-corrected chi connectivity index (χ1v) is 10.1. The van der Waals surface area contributed by atoms with Gasteiger partial charge in [-0.1, -0.05) is 96.8 Å². The van der Waals surface area contributed by atoms with Crippen molar-refractivity contribution in [2.75, 3.05) is 0 Å². The molecule has 0 bridgehead atoms. The average molecular weight is 518 g/mol. The maximum Gasteiger partial charge on any atom is 0.225 e. The van der Waals surface area contributed by atoms with Gasteiger partial charge in [-0.3, -0.25) is 4.79 Å². The minimum Gasteiger partial charge on any atom is -0.354 e. The van der Waals surface area contributed by atoms with E-state index in [2.05, 4.69) is 48.4 Å². The van der Waals surface area contributed by atoms with Crippen molar-refractivity contribution in [1.29, 1.82) is 0 Å². The van der Waals surface area contributed by atoms with Gasteiger partial charge in [0.05, 0.1) is 6.42 Å². The number of carbonyl (C=O) groups is 1. The van der Waals surface area contributed by atoms with Crippen LogP contribution in [0.2, 0.25) is 0 Å². The van der Waals surface area contributed by atoms with E-state index < -0.39 is 0 Å². The molecular formula is C26H40N2OSY. The molecule has 169 valence electrons. The summed E-state index contributed by atoms with van der Waals surface area (Å²) in [7, 11) is 0. The van der Waals surface area contributed by atoms with E-state index in [0.717, 1.165) is 15.4 Å². The Kier molecular flexibility index (Phi) is 20.2. The summed E-state index contributed by atoms with van der Waals surface area (Å²) in [5.74, 6) is 0.708. The summed E-state index contributed by atoms with van der Waals surface area (Å²) < 4.78 is 0. The third-order valence-electron chi connectivity index (χ3n) is 3.82. The molecule has 0 aliphatic heterocycles.